The van der Waals surface area contributed by atoms with Crippen LogP contribution < -0.4 is 4.74 Å². The highest BCUT2D eigenvalue weighted by Gasteiger charge is 2.05. The molecule has 0 aliphatic heterocycles. The van der Waals surface area contributed by atoms with E-state index in [1.165, 1.54) is 0 Å². The molecule has 4 heteroatoms. The highest BCUT2D eigenvalue weighted by molar-refractivity contribution is 5.83. The monoisotopic (exact) mass is 261 g/mol. The molecule has 0 fully saturated rings. The Bertz CT molecular complexity index is 821. The number of fused-ring (bicyclic) bond motifs is 1. The summed E-state index contributed by atoms with van der Waals surface area (Å²) < 4.78 is 5.64. The van der Waals surface area contributed by atoms with Crippen molar-refractivity contribution in [1.29, 1.82) is 5.26 Å². The van der Waals surface area contributed by atoms with Crippen molar-refractivity contribution in [2.24, 2.45) is 0 Å². The molecular weight excluding hydrogens is 250 g/mol. The Hall–Kier alpha value is -2.93. The van der Waals surface area contributed by atoms with Gasteiger partial charge in [-0.15, -0.1) is 0 Å². The van der Waals surface area contributed by atoms with Gasteiger partial charge in [0.2, 0.25) is 0 Å². The van der Waals surface area contributed by atoms with Crippen LogP contribution in [0.1, 0.15) is 11.4 Å². The van der Waals surface area contributed by atoms with Crippen LogP contribution in [-0.4, -0.2) is 9.97 Å². The largest absolute Gasteiger partial charge is 0.424 e. The lowest BCUT2D eigenvalue weighted by Crippen LogP contribution is -1.96. The third kappa shape index (κ3) is 2.43. The summed E-state index contributed by atoms with van der Waals surface area (Å²) in [4.78, 5) is 8.21. The summed E-state index contributed by atoms with van der Waals surface area (Å²) in [6.45, 7) is 1.80. The highest BCUT2D eigenvalue weighted by Crippen LogP contribution is 2.23. The third-order valence-electron chi connectivity index (χ3n) is 2.88. The molecule has 3 rings (SSSR count). The lowest BCUT2D eigenvalue weighted by atomic mass is 10.1. The van der Waals surface area contributed by atoms with Crippen LogP contribution in [0.3, 0.4) is 0 Å². The molecule has 0 aliphatic rings. The standard InChI is InChI=1S/C16H11N3O/c1-11-8-14(10-17)19-16(18-11)20-15-7-6-12-4-2-3-5-13(12)9-15/h2-9H,1H3. The average molecular weight is 261 g/mol. The van der Waals surface area contributed by atoms with E-state index >= 15 is 0 Å². The van der Waals surface area contributed by atoms with Gasteiger partial charge in [-0.25, -0.2) is 4.98 Å². The Morgan fingerprint density at radius 1 is 1.00 bits per heavy atom. The lowest BCUT2D eigenvalue weighted by molar-refractivity contribution is 0.440. The van der Waals surface area contributed by atoms with Gasteiger partial charge >= 0.3 is 6.01 Å². The second kappa shape index (κ2) is 4.98. The lowest BCUT2D eigenvalue weighted by Gasteiger charge is -2.06. The molecule has 4 nitrogen and oxygen atoms in total. The number of benzene rings is 2. The van der Waals surface area contributed by atoms with Crippen molar-refractivity contribution in [2.75, 3.05) is 0 Å². The van der Waals surface area contributed by atoms with Gasteiger partial charge in [-0.05, 0) is 35.9 Å². The molecule has 0 saturated carbocycles. The van der Waals surface area contributed by atoms with Gasteiger partial charge in [0, 0.05) is 5.69 Å². The molecular formula is C16H11N3O. The van der Waals surface area contributed by atoms with Gasteiger partial charge in [0.25, 0.3) is 0 Å². The first-order valence-electron chi connectivity index (χ1n) is 6.17. The Balaban J connectivity index is 1.97. The Kier molecular flexibility index (Phi) is 3.02. The number of aryl methyl sites for hydroxylation is 1. The van der Waals surface area contributed by atoms with Crippen LogP contribution in [0.4, 0.5) is 0 Å². The van der Waals surface area contributed by atoms with Gasteiger partial charge in [-0.1, -0.05) is 30.3 Å². The van der Waals surface area contributed by atoms with Gasteiger partial charge in [0.1, 0.15) is 17.5 Å². The van der Waals surface area contributed by atoms with E-state index in [4.69, 9.17) is 10.00 Å². The molecule has 0 unspecified atom stereocenters. The molecule has 0 saturated heterocycles. The fourth-order valence-electron chi connectivity index (χ4n) is 1.98. The fourth-order valence-corrected chi connectivity index (χ4v) is 1.98. The summed E-state index contributed by atoms with van der Waals surface area (Å²) in [5, 5.41) is 11.1. The van der Waals surface area contributed by atoms with Crippen LogP contribution >= 0.6 is 0 Å². The van der Waals surface area contributed by atoms with Gasteiger partial charge < -0.3 is 4.74 Å². The molecule has 0 spiro atoms. The number of nitriles is 1. The molecule has 0 N–H and O–H groups in total. The molecule has 0 aliphatic carbocycles. The molecule has 0 atom stereocenters. The molecule has 1 aromatic heterocycles. The predicted octanol–water partition coefficient (Wildman–Crippen LogP) is 3.60. The zero-order chi connectivity index (χ0) is 13.9. The minimum atomic E-state index is 0.192. The van der Waals surface area contributed by atoms with E-state index in [0.717, 1.165) is 10.8 Å². The first-order chi connectivity index (χ1) is 9.74. The maximum Gasteiger partial charge on any atom is 0.323 e. The Labute approximate surface area is 116 Å². The molecule has 0 bridgehead atoms. The number of rotatable bonds is 2. The van der Waals surface area contributed by atoms with Crippen LogP contribution in [0.25, 0.3) is 10.8 Å². The van der Waals surface area contributed by atoms with Gasteiger partial charge in [0.05, 0.1) is 0 Å². The first kappa shape index (κ1) is 12.1. The van der Waals surface area contributed by atoms with Crippen LogP contribution in [0, 0.1) is 18.3 Å². The second-order valence-electron chi connectivity index (χ2n) is 4.40. The van der Waals surface area contributed by atoms with E-state index in [2.05, 4.69) is 9.97 Å². The van der Waals surface area contributed by atoms with Crippen molar-refractivity contribution in [3.8, 4) is 17.8 Å². The quantitative estimate of drug-likeness (QED) is 0.707. The smallest absolute Gasteiger partial charge is 0.323 e. The van der Waals surface area contributed by atoms with Gasteiger partial charge in [0.15, 0.2) is 0 Å². The molecule has 96 valence electrons. The first-order valence-corrected chi connectivity index (χ1v) is 6.17. The third-order valence-corrected chi connectivity index (χ3v) is 2.88. The SMILES string of the molecule is Cc1cc(C#N)nc(Oc2ccc3ccccc3c2)n1. The van der Waals surface area contributed by atoms with E-state index in [1.54, 1.807) is 13.0 Å². The van der Waals surface area contributed by atoms with E-state index in [9.17, 15) is 0 Å². The molecule has 1 heterocycles. The van der Waals surface area contributed by atoms with Gasteiger partial charge in [-0.2, -0.15) is 10.2 Å². The van der Waals surface area contributed by atoms with Crippen LogP contribution in [0.5, 0.6) is 11.8 Å². The Morgan fingerprint density at radius 2 is 1.80 bits per heavy atom. The molecule has 0 radical (unpaired) electrons. The minimum absolute atomic E-state index is 0.192. The summed E-state index contributed by atoms with van der Waals surface area (Å²) in [7, 11) is 0. The molecule has 20 heavy (non-hydrogen) atoms. The summed E-state index contributed by atoms with van der Waals surface area (Å²) in [6, 6.07) is 17.6. The van der Waals surface area contributed by atoms with Crippen LogP contribution in [-0.2, 0) is 0 Å². The molecule has 3 aromatic rings. The number of hydrogen-bond acceptors (Lipinski definition) is 4. The van der Waals surface area contributed by atoms with E-state index < -0.39 is 0 Å². The maximum absolute atomic E-state index is 8.90. The maximum atomic E-state index is 8.90. The molecule has 0 amide bonds. The van der Waals surface area contributed by atoms with Crippen molar-refractivity contribution in [3.63, 3.8) is 0 Å². The summed E-state index contributed by atoms with van der Waals surface area (Å²) in [6.07, 6.45) is 0. The van der Waals surface area contributed by atoms with Crippen LogP contribution in [0.2, 0.25) is 0 Å². The summed E-state index contributed by atoms with van der Waals surface area (Å²) in [5.74, 6) is 0.651. The van der Waals surface area contributed by atoms with E-state index in [-0.39, 0.29) is 6.01 Å². The predicted molar refractivity (Wildman–Crippen MR) is 75.5 cm³/mol. The van der Waals surface area contributed by atoms with Crippen molar-refractivity contribution in [1.82, 2.24) is 9.97 Å². The average Bonchev–Trinajstić information content (AvgIpc) is 2.46. The Morgan fingerprint density at radius 3 is 2.60 bits per heavy atom. The van der Waals surface area contributed by atoms with E-state index in [1.807, 2.05) is 48.5 Å². The topological polar surface area (TPSA) is 58.8 Å². The highest BCUT2D eigenvalue weighted by atomic mass is 16.5. The fraction of sp³-hybridized carbons (Fsp3) is 0.0625. The number of aromatic nitrogens is 2. The molecule has 2 aromatic carbocycles. The van der Waals surface area contributed by atoms with E-state index in [0.29, 0.717) is 17.1 Å². The van der Waals surface area contributed by atoms with Crippen molar-refractivity contribution >= 4 is 10.8 Å². The number of nitrogens with zero attached hydrogens (tertiary/aromatic N) is 3. The van der Waals surface area contributed by atoms with Crippen molar-refractivity contribution < 1.29 is 4.74 Å². The number of hydrogen-bond donors (Lipinski definition) is 0. The number of ether oxygens (including phenoxy) is 1. The van der Waals surface area contributed by atoms with Crippen molar-refractivity contribution in [3.05, 3.63) is 59.9 Å². The minimum Gasteiger partial charge on any atom is -0.424 e. The van der Waals surface area contributed by atoms with Gasteiger partial charge in [-0.3, -0.25) is 0 Å². The van der Waals surface area contributed by atoms with Crippen LogP contribution in [0.15, 0.2) is 48.5 Å². The second-order valence-corrected chi connectivity index (χ2v) is 4.40. The zero-order valence-electron chi connectivity index (χ0n) is 10.9. The van der Waals surface area contributed by atoms with Crippen molar-refractivity contribution in [2.45, 2.75) is 6.92 Å². The normalized spacial score (nSPS) is 10.2. The summed E-state index contributed by atoms with van der Waals surface area (Å²) >= 11 is 0. The zero-order valence-corrected chi connectivity index (χ0v) is 10.9. The summed E-state index contributed by atoms with van der Waals surface area (Å²) in [5.41, 5.74) is 1.00.